The molecule has 6 nitrogen and oxygen atoms in total. The molecule has 0 unspecified atom stereocenters. The number of carboxylic acids is 1. The van der Waals surface area contributed by atoms with Crippen LogP contribution in [0, 0.1) is 10.1 Å². The van der Waals surface area contributed by atoms with Crippen molar-refractivity contribution in [2.24, 2.45) is 0 Å². The summed E-state index contributed by atoms with van der Waals surface area (Å²) in [5.41, 5.74) is 0.553. The molecule has 0 saturated heterocycles. The first-order valence-corrected chi connectivity index (χ1v) is 6.13. The second-order valence-electron chi connectivity index (χ2n) is 3.64. The summed E-state index contributed by atoms with van der Waals surface area (Å²) in [4.78, 5) is 21.2. The van der Waals surface area contributed by atoms with E-state index >= 15 is 0 Å². The van der Waals surface area contributed by atoms with Crippen molar-refractivity contribution in [2.45, 2.75) is 6.61 Å². The minimum absolute atomic E-state index is 0.0919. The summed E-state index contributed by atoms with van der Waals surface area (Å²) in [6, 6.07) is 7.53. The lowest BCUT2D eigenvalue weighted by Gasteiger charge is -2.04. The summed E-state index contributed by atoms with van der Waals surface area (Å²) in [7, 11) is 0. The number of thiophene rings is 1. The van der Waals surface area contributed by atoms with E-state index in [9.17, 15) is 14.9 Å². The van der Waals surface area contributed by atoms with Crippen LogP contribution in [0.15, 0.2) is 35.7 Å². The van der Waals surface area contributed by atoms with E-state index in [2.05, 4.69) is 0 Å². The molecule has 98 valence electrons. The molecule has 1 aromatic carbocycles. The summed E-state index contributed by atoms with van der Waals surface area (Å²) < 4.78 is 5.35. The maximum Gasteiger partial charge on any atom is 0.345 e. The number of nitro benzene ring substituents is 1. The van der Waals surface area contributed by atoms with Gasteiger partial charge in [0.1, 0.15) is 11.5 Å². The van der Waals surface area contributed by atoms with E-state index in [1.165, 1.54) is 18.2 Å². The zero-order valence-corrected chi connectivity index (χ0v) is 10.4. The summed E-state index contributed by atoms with van der Waals surface area (Å²) in [6.07, 6.45) is 0. The van der Waals surface area contributed by atoms with Crippen molar-refractivity contribution in [3.05, 3.63) is 56.3 Å². The fourth-order valence-electron chi connectivity index (χ4n) is 1.45. The number of nitro groups is 1. The third-order valence-electron chi connectivity index (χ3n) is 2.32. The number of benzene rings is 1. The van der Waals surface area contributed by atoms with Crippen molar-refractivity contribution in [1.82, 2.24) is 0 Å². The normalized spacial score (nSPS) is 10.1. The van der Waals surface area contributed by atoms with Gasteiger partial charge in [-0.2, -0.15) is 0 Å². The lowest BCUT2D eigenvalue weighted by atomic mass is 10.3. The van der Waals surface area contributed by atoms with Gasteiger partial charge in [-0.15, -0.1) is 11.3 Å². The lowest BCUT2D eigenvalue weighted by molar-refractivity contribution is -0.385. The summed E-state index contributed by atoms with van der Waals surface area (Å²) in [5, 5.41) is 21.2. The fourth-order valence-corrected chi connectivity index (χ4v) is 2.19. The van der Waals surface area contributed by atoms with E-state index in [0.717, 1.165) is 11.3 Å². The Hall–Kier alpha value is -2.41. The maximum atomic E-state index is 10.8. The largest absolute Gasteiger partial charge is 0.482 e. The van der Waals surface area contributed by atoms with Crippen LogP contribution in [0.4, 0.5) is 5.69 Å². The molecule has 0 fully saturated rings. The Balaban J connectivity index is 2.10. The standard InChI is InChI=1S/C12H9NO5S/c14-12(15)11-5-8(7-19-11)6-18-10-4-2-1-3-9(10)13(16)17/h1-5,7H,6H2,(H,14,15). The highest BCUT2D eigenvalue weighted by Crippen LogP contribution is 2.27. The monoisotopic (exact) mass is 279 g/mol. The van der Waals surface area contributed by atoms with E-state index in [0.29, 0.717) is 5.56 Å². The second kappa shape index (κ2) is 5.49. The van der Waals surface area contributed by atoms with Crippen LogP contribution in [0.25, 0.3) is 0 Å². The van der Waals surface area contributed by atoms with Gasteiger partial charge in [0, 0.05) is 11.6 Å². The first-order chi connectivity index (χ1) is 9.08. The third kappa shape index (κ3) is 3.08. The molecule has 0 radical (unpaired) electrons. The predicted molar refractivity (Wildman–Crippen MR) is 68.7 cm³/mol. The highest BCUT2D eigenvalue weighted by molar-refractivity contribution is 7.12. The number of aromatic carboxylic acids is 1. The van der Waals surface area contributed by atoms with Gasteiger partial charge in [0.05, 0.1) is 4.92 Å². The number of rotatable bonds is 5. The van der Waals surface area contributed by atoms with Gasteiger partial charge in [-0.3, -0.25) is 10.1 Å². The quantitative estimate of drug-likeness (QED) is 0.671. The molecule has 1 heterocycles. The Bertz CT molecular complexity index is 622. The van der Waals surface area contributed by atoms with Gasteiger partial charge in [-0.05, 0) is 17.5 Å². The number of hydrogen-bond donors (Lipinski definition) is 1. The molecule has 0 aliphatic carbocycles. The van der Waals surface area contributed by atoms with Crippen LogP contribution < -0.4 is 4.74 Å². The minimum Gasteiger partial charge on any atom is -0.482 e. The maximum absolute atomic E-state index is 10.8. The SMILES string of the molecule is O=C(O)c1cc(COc2ccccc2[N+](=O)[O-])cs1. The Morgan fingerprint density at radius 3 is 2.79 bits per heavy atom. The smallest absolute Gasteiger partial charge is 0.345 e. The molecule has 0 amide bonds. The van der Waals surface area contributed by atoms with E-state index in [1.54, 1.807) is 17.5 Å². The molecule has 0 aliphatic rings. The molecular formula is C12H9NO5S. The fraction of sp³-hybridized carbons (Fsp3) is 0.0833. The van der Waals surface area contributed by atoms with Gasteiger partial charge in [-0.25, -0.2) is 4.79 Å². The molecule has 2 aromatic rings. The van der Waals surface area contributed by atoms with Gasteiger partial charge in [0.2, 0.25) is 0 Å². The molecule has 0 saturated carbocycles. The second-order valence-corrected chi connectivity index (χ2v) is 4.55. The van der Waals surface area contributed by atoms with Crippen molar-refractivity contribution in [2.75, 3.05) is 0 Å². The van der Waals surface area contributed by atoms with Crippen molar-refractivity contribution in [3.63, 3.8) is 0 Å². The Morgan fingerprint density at radius 1 is 1.42 bits per heavy atom. The number of carbonyl (C=O) groups is 1. The number of carboxylic acid groups (broad SMARTS) is 1. The third-order valence-corrected chi connectivity index (χ3v) is 3.29. The molecule has 0 atom stereocenters. The average Bonchev–Trinajstić information content (AvgIpc) is 2.85. The van der Waals surface area contributed by atoms with Crippen LogP contribution in [0.3, 0.4) is 0 Å². The number of ether oxygens (including phenoxy) is 1. The summed E-state index contributed by atoms with van der Waals surface area (Å²) >= 11 is 1.09. The van der Waals surface area contributed by atoms with E-state index < -0.39 is 10.9 Å². The molecule has 0 aliphatic heterocycles. The van der Waals surface area contributed by atoms with Crippen LogP contribution >= 0.6 is 11.3 Å². The van der Waals surface area contributed by atoms with Gasteiger partial charge in [-0.1, -0.05) is 12.1 Å². The first-order valence-electron chi connectivity index (χ1n) is 5.25. The highest BCUT2D eigenvalue weighted by atomic mass is 32.1. The first kappa shape index (κ1) is 13.0. The van der Waals surface area contributed by atoms with Gasteiger partial charge in [0.15, 0.2) is 5.75 Å². The van der Waals surface area contributed by atoms with Gasteiger partial charge < -0.3 is 9.84 Å². The summed E-state index contributed by atoms with van der Waals surface area (Å²) in [6.45, 7) is 0.0919. The van der Waals surface area contributed by atoms with Crippen LogP contribution in [0.5, 0.6) is 5.75 Å². The molecule has 0 bridgehead atoms. The average molecular weight is 279 g/mol. The summed E-state index contributed by atoms with van der Waals surface area (Å²) in [5.74, 6) is -0.836. The molecule has 1 N–H and O–H groups in total. The van der Waals surface area contributed by atoms with Crippen molar-refractivity contribution in [1.29, 1.82) is 0 Å². The molecule has 2 rings (SSSR count). The molecule has 19 heavy (non-hydrogen) atoms. The molecule has 1 aromatic heterocycles. The number of hydrogen-bond acceptors (Lipinski definition) is 5. The highest BCUT2D eigenvalue weighted by Gasteiger charge is 2.14. The van der Waals surface area contributed by atoms with Crippen molar-refractivity contribution < 1.29 is 19.6 Å². The van der Waals surface area contributed by atoms with Gasteiger partial charge >= 0.3 is 11.7 Å². The van der Waals surface area contributed by atoms with Crippen molar-refractivity contribution >= 4 is 23.0 Å². The topological polar surface area (TPSA) is 89.7 Å². The van der Waals surface area contributed by atoms with Crippen LogP contribution in [0.1, 0.15) is 15.2 Å². The Labute approximate surface area is 112 Å². The zero-order chi connectivity index (χ0) is 13.8. The molecule has 7 heteroatoms. The number of para-hydroxylation sites is 2. The molecular weight excluding hydrogens is 270 g/mol. The lowest BCUT2D eigenvalue weighted by Crippen LogP contribution is -1.98. The van der Waals surface area contributed by atoms with Crippen LogP contribution in [0.2, 0.25) is 0 Å². The Morgan fingerprint density at radius 2 is 2.16 bits per heavy atom. The van der Waals surface area contributed by atoms with Crippen molar-refractivity contribution in [3.8, 4) is 5.75 Å². The van der Waals surface area contributed by atoms with E-state index in [-0.39, 0.29) is 22.9 Å². The Kier molecular flexibility index (Phi) is 3.76. The van der Waals surface area contributed by atoms with E-state index in [4.69, 9.17) is 9.84 Å². The van der Waals surface area contributed by atoms with Crippen LogP contribution in [-0.4, -0.2) is 16.0 Å². The van der Waals surface area contributed by atoms with Crippen LogP contribution in [-0.2, 0) is 6.61 Å². The van der Waals surface area contributed by atoms with E-state index in [1.807, 2.05) is 0 Å². The predicted octanol–water partition coefficient (Wildman–Crippen LogP) is 2.93. The molecule has 0 spiro atoms. The number of nitrogens with zero attached hydrogens (tertiary/aromatic N) is 1. The van der Waals surface area contributed by atoms with Gasteiger partial charge in [0.25, 0.3) is 0 Å². The zero-order valence-electron chi connectivity index (χ0n) is 9.61. The minimum atomic E-state index is -0.998.